The Kier molecular flexibility index (Phi) is 7.74. The maximum Gasteiger partial charge on any atom is 0.209 e. The van der Waals surface area contributed by atoms with Crippen LogP contribution in [0.2, 0.25) is 0 Å². The normalized spacial score (nSPS) is 11.6. The molecular formula is C28H32N2O5S. The molecule has 4 rings (SSSR count). The number of aromatic nitrogens is 1. The van der Waals surface area contributed by atoms with Gasteiger partial charge in [0.2, 0.25) is 9.84 Å². The number of nitrogens with one attached hydrogen (secondary N) is 1. The summed E-state index contributed by atoms with van der Waals surface area (Å²) >= 11 is 0. The predicted octanol–water partition coefficient (Wildman–Crippen LogP) is 5.79. The van der Waals surface area contributed by atoms with Gasteiger partial charge >= 0.3 is 0 Å². The molecule has 0 aliphatic rings. The van der Waals surface area contributed by atoms with Crippen LogP contribution in [0.4, 0.5) is 5.69 Å². The maximum atomic E-state index is 13.6. The molecular weight excluding hydrogens is 476 g/mol. The highest BCUT2D eigenvalue weighted by Gasteiger charge is 2.27. The number of anilines is 1. The molecule has 0 bridgehead atoms. The highest BCUT2D eigenvalue weighted by molar-refractivity contribution is 7.91. The number of hydrogen-bond donors (Lipinski definition) is 1. The summed E-state index contributed by atoms with van der Waals surface area (Å²) in [7, 11) is -0.456. The number of pyridine rings is 1. The van der Waals surface area contributed by atoms with Crippen molar-refractivity contribution in [3.63, 3.8) is 0 Å². The van der Waals surface area contributed by atoms with Crippen molar-refractivity contribution < 1.29 is 22.6 Å². The highest BCUT2D eigenvalue weighted by atomic mass is 32.2. The van der Waals surface area contributed by atoms with Crippen molar-refractivity contribution >= 4 is 21.0 Å². The second-order valence-electron chi connectivity index (χ2n) is 8.77. The lowest BCUT2D eigenvalue weighted by molar-refractivity contribution is 0.315. The first-order chi connectivity index (χ1) is 17.3. The third-order valence-corrected chi connectivity index (χ3v) is 7.83. The Hall–Kier alpha value is -3.65. The summed E-state index contributed by atoms with van der Waals surface area (Å²) in [6, 6.07) is 17.9. The standard InChI is InChI=1S/C28H32N2O5S/c1-20(2)26-19-30-14-6-5-8-27(30)28(26)36(31,32)25-11-9-22(10-12-25)35-15-7-13-29-21-16-23(33-3)18-24(17-21)34-4/h5-6,8-12,14,16-20,29H,7,13,15H2,1-4H3. The lowest BCUT2D eigenvalue weighted by atomic mass is 10.1. The van der Waals surface area contributed by atoms with Crippen molar-refractivity contribution in [2.45, 2.75) is 36.0 Å². The number of fused-ring (bicyclic) bond motifs is 1. The van der Waals surface area contributed by atoms with E-state index in [-0.39, 0.29) is 10.8 Å². The van der Waals surface area contributed by atoms with Gasteiger partial charge in [0.15, 0.2) is 0 Å². The Labute approximate surface area is 212 Å². The van der Waals surface area contributed by atoms with Gasteiger partial charge in [-0.15, -0.1) is 0 Å². The molecule has 0 aliphatic carbocycles. The fraction of sp³-hybridized carbons (Fsp3) is 0.286. The van der Waals surface area contributed by atoms with Gasteiger partial charge in [-0.3, -0.25) is 0 Å². The molecule has 0 saturated heterocycles. The van der Waals surface area contributed by atoms with Crippen molar-refractivity contribution in [2.75, 3.05) is 32.7 Å². The first kappa shape index (κ1) is 25.4. The van der Waals surface area contributed by atoms with Crippen LogP contribution in [0.25, 0.3) is 5.52 Å². The highest BCUT2D eigenvalue weighted by Crippen LogP contribution is 2.34. The summed E-state index contributed by atoms with van der Waals surface area (Å²) in [5.41, 5.74) is 2.39. The summed E-state index contributed by atoms with van der Waals surface area (Å²) in [6.07, 6.45) is 4.53. The summed E-state index contributed by atoms with van der Waals surface area (Å²) in [4.78, 5) is 0.620. The molecule has 7 nitrogen and oxygen atoms in total. The fourth-order valence-corrected chi connectivity index (χ4v) is 5.84. The Morgan fingerprint density at radius 1 is 0.917 bits per heavy atom. The van der Waals surface area contributed by atoms with Crippen LogP contribution >= 0.6 is 0 Å². The summed E-state index contributed by atoms with van der Waals surface area (Å²) in [5, 5.41) is 3.33. The Morgan fingerprint density at radius 3 is 2.25 bits per heavy atom. The van der Waals surface area contributed by atoms with E-state index in [1.54, 1.807) is 38.5 Å². The van der Waals surface area contributed by atoms with E-state index in [9.17, 15) is 8.42 Å². The van der Waals surface area contributed by atoms with Crippen LogP contribution in [-0.2, 0) is 9.84 Å². The Bertz CT molecular complexity index is 1400. The molecule has 190 valence electrons. The molecule has 0 amide bonds. The molecule has 0 radical (unpaired) electrons. The zero-order valence-electron chi connectivity index (χ0n) is 21.0. The van der Waals surface area contributed by atoms with E-state index in [1.807, 2.05) is 67.0 Å². The number of ether oxygens (including phenoxy) is 3. The molecule has 0 spiro atoms. The average Bonchev–Trinajstić information content (AvgIpc) is 3.29. The molecule has 2 aromatic heterocycles. The molecule has 0 saturated carbocycles. The van der Waals surface area contributed by atoms with E-state index in [2.05, 4.69) is 5.32 Å². The van der Waals surface area contributed by atoms with E-state index >= 15 is 0 Å². The summed E-state index contributed by atoms with van der Waals surface area (Å²) in [5.74, 6) is 2.14. The van der Waals surface area contributed by atoms with Crippen LogP contribution in [0.1, 0.15) is 31.7 Å². The Balaban J connectivity index is 1.39. The summed E-state index contributed by atoms with van der Waals surface area (Å²) < 4.78 is 45.5. The largest absolute Gasteiger partial charge is 0.497 e. The van der Waals surface area contributed by atoms with Crippen LogP contribution in [0.5, 0.6) is 17.2 Å². The van der Waals surface area contributed by atoms with Crippen LogP contribution in [0.3, 0.4) is 0 Å². The Morgan fingerprint density at radius 2 is 1.61 bits per heavy atom. The van der Waals surface area contributed by atoms with Gasteiger partial charge in [-0.05, 0) is 54.3 Å². The second-order valence-corrected chi connectivity index (χ2v) is 10.7. The van der Waals surface area contributed by atoms with Gasteiger partial charge < -0.3 is 23.9 Å². The smallest absolute Gasteiger partial charge is 0.209 e. The van der Waals surface area contributed by atoms with Gasteiger partial charge in [0.25, 0.3) is 0 Å². The minimum atomic E-state index is -3.69. The zero-order valence-corrected chi connectivity index (χ0v) is 21.8. The SMILES string of the molecule is COc1cc(NCCCOc2ccc(S(=O)(=O)c3c(C(C)C)cn4ccccc34)cc2)cc(OC)c1. The molecule has 1 N–H and O–H groups in total. The average molecular weight is 509 g/mol. The van der Waals surface area contributed by atoms with Crippen LogP contribution in [0.15, 0.2) is 82.8 Å². The van der Waals surface area contributed by atoms with Crippen LogP contribution < -0.4 is 19.5 Å². The van der Waals surface area contributed by atoms with Crippen molar-refractivity contribution in [3.8, 4) is 17.2 Å². The number of methoxy groups -OCH3 is 2. The second kappa shape index (κ2) is 11.0. The monoisotopic (exact) mass is 508 g/mol. The molecule has 36 heavy (non-hydrogen) atoms. The van der Waals surface area contributed by atoms with Gasteiger partial charge in [-0.25, -0.2) is 8.42 Å². The third-order valence-electron chi connectivity index (χ3n) is 5.96. The fourth-order valence-electron chi connectivity index (χ4n) is 4.06. The van der Waals surface area contributed by atoms with Crippen molar-refractivity contribution in [1.29, 1.82) is 0 Å². The lowest BCUT2D eigenvalue weighted by Gasteiger charge is -2.12. The van der Waals surface area contributed by atoms with Gasteiger partial charge in [0, 0.05) is 42.8 Å². The van der Waals surface area contributed by atoms with Gasteiger partial charge in [-0.1, -0.05) is 19.9 Å². The predicted molar refractivity (Wildman–Crippen MR) is 142 cm³/mol. The first-order valence-corrected chi connectivity index (χ1v) is 13.4. The van der Waals surface area contributed by atoms with Crippen LogP contribution in [-0.4, -0.2) is 40.2 Å². The van der Waals surface area contributed by atoms with Gasteiger partial charge in [0.05, 0.1) is 31.2 Å². The van der Waals surface area contributed by atoms with E-state index in [1.165, 1.54) is 0 Å². The topological polar surface area (TPSA) is 78.3 Å². The lowest BCUT2D eigenvalue weighted by Crippen LogP contribution is -2.08. The number of rotatable bonds is 11. The number of nitrogens with zero attached hydrogens (tertiary/aromatic N) is 1. The number of benzene rings is 2. The number of sulfone groups is 1. The van der Waals surface area contributed by atoms with E-state index in [4.69, 9.17) is 14.2 Å². The molecule has 0 aliphatic heterocycles. The quantitative estimate of drug-likeness (QED) is 0.258. The van der Waals surface area contributed by atoms with Gasteiger partial charge in [-0.2, -0.15) is 0 Å². The summed E-state index contributed by atoms with van der Waals surface area (Å²) in [6.45, 7) is 5.19. The molecule has 2 aromatic carbocycles. The van der Waals surface area contributed by atoms with Gasteiger partial charge in [0.1, 0.15) is 22.1 Å². The molecule has 0 atom stereocenters. The van der Waals surface area contributed by atoms with Crippen molar-refractivity contribution in [2.24, 2.45) is 0 Å². The molecule has 2 heterocycles. The minimum Gasteiger partial charge on any atom is -0.497 e. The molecule has 0 unspecified atom stereocenters. The third kappa shape index (κ3) is 5.44. The molecule has 0 fully saturated rings. The zero-order chi connectivity index (χ0) is 25.7. The van der Waals surface area contributed by atoms with Crippen LogP contribution in [0, 0.1) is 0 Å². The molecule has 4 aromatic rings. The maximum absolute atomic E-state index is 13.6. The van der Waals surface area contributed by atoms with E-state index < -0.39 is 9.84 Å². The van der Waals surface area contributed by atoms with E-state index in [0.717, 1.165) is 29.2 Å². The molecule has 8 heteroatoms. The minimum absolute atomic E-state index is 0.0731. The van der Waals surface area contributed by atoms with Crippen molar-refractivity contribution in [1.82, 2.24) is 4.40 Å². The first-order valence-electron chi connectivity index (χ1n) is 11.9. The number of hydrogen-bond acceptors (Lipinski definition) is 6. The van der Waals surface area contributed by atoms with Crippen molar-refractivity contribution in [3.05, 3.63) is 78.6 Å². The van der Waals surface area contributed by atoms with E-state index in [0.29, 0.717) is 29.3 Å².